The summed E-state index contributed by atoms with van der Waals surface area (Å²) in [6, 6.07) is 14.6. The summed E-state index contributed by atoms with van der Waals surface area (Å²) in [5, 5.41) is 0.634. The second kappa shape index (κ2) is 7.13. The lowest BCUT2D eigenvalue weighted by molar-refractivity contribution is -0.142. The Balaban J connectivity index is 1.89. The third-order valence-electron chi connectivity index (χ3n) is 4.16. The predicted octanol–water partition coefficient (Wildman–Crippen LogP) is 4.34. The molecule has 0 saturated heterocycles. The smallest absolute Gasteiger partial charge is 0.310 e. The topological polar surface area (TPSA) is 60.7 Å². The van der Waals surface area contributed by atoms with E-state index >= 15 is 0 Å². The number of rotatable bonds is 4. The summed E-state index contributed by atoms with van der Waals surface area (Å²) in [6.45, 7) is 2.15. The fourth-order valence-corrected chi connectivity index (χ4v) is 4.23. The highest BCUT2D eigenvalue weighted by Gasteiger charge is 2.13. The lowest BCUT2D eigenvalue weighted by Crippen LogP contribution is -2.08. The van der Waals surface area contributed by atoms with E-state index in [4.69, 9.17) is 16.3 Å². The van der Waals surface area contributed by atoms with Crippen LogP contribution in [0.25, 0.3) is 26.4 Å². The van der Waals surface area contributed by atoms with Crippen molar-refractivity contribution in [2.45, 2.75) is 13.3 Å². The fourth-order valence-electron chi connectivity index (χ4n) is 3.01. The van der Waals surface area contributed by atoms with Gasteiger partial charge in [-0.2, -0.15) is 4.98 Å². The van der Waals surface area contributed by atoms with Gasteiger partial charge in [-0.25, -0.2) is 0 Å². The molecule has 4 aromatic rings. The molecule has 5 nitrogen and oxygen atoms in total. The molecule has 27 heavy (non-hydrogen) atoms. The molecule has 0 bridgehead atoms. The molecule has 0 radical (unpaired) electrons. The van der Waals surface area contributed by atoms with E-state index in [1.165, 1.54) is 17.4 Å². The molecular formula is C20H15ClN2O3S. The van der Waals surface area contributed by atoms with Crippen molar-refractivity contribution in [1.82, 2.24) is 9.38 Å². The van der Waals surface area contributed by atoms with Crippen molar-refractivity contribution in [2.24, 2.45) is 0 Å². The average Bonchev–Trinajstić information content (AvgIpc) is 2.99. The maximum Gasteiger partial charge on any atom is 0.310 e. The molecule has 2 aromatic heterocycles. The van der Waals surface area contributed by atoms with E-state index in [0.29, 0.717) is 16.6 Å². The van der Waals surface area contributed by atoms with E-state index in [2.05, 4.69) is 4.98 Å². The average molecular weight is 399 g/mol. The number of halogens is 1. The second-order valence-corrected chi connectivity index (χ2v) is 7.44. The van der Waals surface area contributed by atoms with Crippen molar-refractivity contribution < 1.29 is 9.53 Å². The predicted molar refractivity (Wildman–Crippen MR) is 108 cm³/mol. The minimum Gasteiger partial charge on any atom is -0.466 e. The number of carbonyl (C=O) groups is 1. The minimum absolute atomic E-state index is 0.215. The van der Waals surface area contributed by atoms with Crippen LogP contribution in [0.4, 0.5) is 0 Å². The molecule has 0 spiro atoms. The van der Waals surface area contributed by atoms with E-state index in [-0.39, 0.29) is 17.9 Å². The summed E-state index contributed by atoms with van der Waals surface area (Å²) in [5.41, 5.74) is 3.14. The molecule has 0 aliphatic rings. The van der Waals surface area contributed by atoms with Crippen LogP contribution in [0.5, 0.6) is 0 Å². The molecule has 0 unspecified atom stereocenters. The highest BCUT2D eigenvalue weighted by atomic mass is 35.5. The quantitative estimate of drug-likeness (QED) is 0.480. The van der Waals surface area contributed by atoms with Gasteiger partial charge in [0.1, 0.15) is 0 Å². The number of esters is 1. The molecule has 136 valence electrons. The first-order chi connectivity index (χ1) is 13.0. The Morgan fingerprint density at radius 3 is 2.70 bits per heavy atom. The highest BCUT2D eigenvalue weighted by Crippen LogP contribution is 2.31. The van der Waals surface area contributed by atoms with Crippen molar-refractivity contribution in [2.75, 3.05) is 6.61 Å². The second-order valence-electron chi connectivity index (χ2n) is 5.99. The maximum absolute atomic E-state index is 12.1. The van der Waals surface area contributed by atoms with Gasteiger partial charge in [0.05, 0.1) is 28.9 Å². The molecule has 4 rings (SSSR count). The summed E-state index contributed by atoms with van der Waals surface area (Å²) in [4.78, 5) is 28.6. The van der Waals surface area contributed by atoms with E-state index in [1.807, 2.05) is 34.7 Å². The van der Waals surface area contributed by atoms with Crippen molar-refractivity contribution in [1.29, 1.82) is 0 Å². The lowest BCUT2D eigenvalue weighted by atomic mass is 10.1. The normalized spacial score (nSPS) is 11.2. The molecule has 0 N–H and O–H groups in total. The molecule has 0 saturated carbocycles. The summed E-state index contributed by atoms with van der Waals surface area (Å²) in [5.74, 6) is -0.257. The number of aromatic nitrogens is 2. The van der Waals surface area contributed by atoms with Gasteiger partial charge in [-0.15, -0.1) is 0 Å². The fraction of sp³-hybridized carbons (Fsp3) is 0.150. The van der Waals surface area contributed by atoms with Gasteiger partial charge in [-0.05, 0) is 42.3 Å². The molecule has 0 aliphatic carbocycles. The Bertz CT molecular complexity index is 1210. The largest absolute Gasteiger partial charge is 0.466 e. The summed E-state index contributed by atoms with van der Waals surface area (Å²) < 4.78 is 7.92. The molecule has 2 heterocycles. The van der Waals surface area contributed by atoms with Gasteiger partial charge < -0.3 is 4.74 Å². The van der Waals surface area contributed by atoms with Crippen LogP contribution < -0.4 is 5.56 Å². The molecule has 2 aromatic carbocycles. The number of nitrogens with zero attached hydrogens (tertiary/aromatic N) is 2. The summed E-state index contributed by atoms with van der Waals surface area (Å²) in [7, 11) is 0. The minimum atomic E-state index is -0.293. The van der Waals surface area contributed by atoms with Crippen LogP contribution in [0.3, 0.4) is 0 Å². The van der Waals surface area contributed by atoms with Crippen LogP contribution in [-0.4, -0.2) is 22.0 Å². The molecule has 7 heteroatoms. The molecule has 0 fully saturated rings. The van der Waals surface area contributed by atoms with Gasteiger partial charge in [0, 0.05) is 11.1 Å². The Morgan fingerprint density at radius 2 is 1.96 bits per heavy atom. The Labute approximate surface area is 163 Å². The summed E-state index contributed by atoms with van der Waals surface area (Å²) >= 11 is 7.40. The van der Waals surface area contributed by atoms with E-state index in [9.17, 15) is 9.59 Å². The van der Waals surface area contributed by atoms with Crippen LogP contribution in [-0.2, 0) is 16.0 Å². The van der Waals surface area contributed by atoms with Crippen molar-refractivity contribution in [3.8, 4) is 11.3 Å². The number of benzene rings is 2. The van der Waals surface area contributed by atoms with E-state index in [0.717, 1.165) is 27.0 Å². The molecule has 0 amide bonds. The van der Waals surface area contributed by atoms with Crippen molar-refractivity contribution in [3.63, 3.8) is 0 Å². The number of fused-ring (bicyclic) bond motifs is 3. The van der Waals surface area contributed by atoms with Crippen LogP contribution >= 0.6 is 22.9 Å². The zero-order valence-electron chi connectivity index (χ0n) is 14.4. The van der Waals surface area contributed by atoms with Crippen LogP contribution in [0.15, 0.2) is 53.3 Å². The van der Waals surface area contributed by atoms with Gasteiger partial charge in [-0.3, -0.25) is 14.0 Å². The lowest BCUT2D eigenvalue weighted by Gasteiger charge is -2.07. The monoisotopic (exact) mass is 398 g/mol. The van der Waals surface area contributed by atoms with Crippen molar-refractivity contribution >= 4 is 44.1 Å². The van der Waals surface area contributed by atoms with Crippen LogP contribution in [0.1, 0.15) is 12.5 Å². The van der Waals surface area contributed by atoms with Gasteiger partial charge in [0.2, 0.25) is 0 Å². The SMILES string of the molecule is CCOC(=O)Cc1ccc2c(c1)sc1nc(=O)cc(-c3ccc(Cl)cc3)n12. The number of carbonyl (C=O) groups excluding carboxylic acids is 1. The maximum atomic E-state index is 12.1. The number of thiazole rings is 1. The van der Waals surface area contributed by atoms with Gasteiger partial charge in [0.15, 0.2) is 4.96 Å². The van der Waals surface area contributed by atoms with E-state index < -0.39 is 0 Å². The Hall–Kier alpha value is -2.70. The standard InChI is InChI=1S/C20H15ClN2O3S/c1-2-26-19(25)10-12-3-8-15-17(9-12)27-20-22-18(24)11-16(23(15)20)13-4-6-14(21)7-5-13/h3-9,11H,2,10H2,1H3. The van der Waals surface area contributed by atoms with Gasteiger partial charge >= 0.3 is 5.97 Å². The molecule has 0 aliphatic heterocycles. The number of hydrogen-bond donors (Lipinski definition) is 0. The number of ether oxygens (including phenoxy) is 1. The van der Waals surface area contributed by atoms with Gasteiger partial charge in [-0.1, -0.05) is 41.1 Å². The molecule has 0 atom stereocenters. The Kier molecular flexibility index (Phi) is 4.68. The van der Waals surface area contributed by atoms with Crippen molar-refractivity contribution in [3.05, 3.63) is 69.5 Å². The third kappa shape index (κ3) is 3.46. The van der Waals surface area contributed by atoms with Crippen LogP contribution in [0.2, 0.25) is 5.02 Å². The van der Waals surface area contributed by atoms with Gasteiger partial charge in [0.25, 0.3) is 5.56 Å². The highest BCUT2D eigenvalue weighted by molar-refractivity contribution is 7.23. The molecular weight excluding hydrogens is 384 g/mol. The van der Waals surface area contributed by atoms with E-state index in [1.54, 1.807) is 19.1 Å². The zero-order chi connectivity index (χ0) is 19.0. The number of hydrogen-bond acceptors (Lipinski definition) is 5. The third-order valence-corrected chi connectivity index (χ3v) is 5.41. The first kappa shape index (κ1) is 17.7. The Morgan fingerprint density at radius 1 is 1.19 bits per heavy atom. The first-order valence-electron chi connectivity index (χ1n) is 8.42. The van der Waals surface area contributed by atoms with Crippen LogP contribution in [0, 0.1) is 0 Å². The first-order valence-corrected chi connectivity index (χ1v) is 9.61. The summed E-state index contributed by atoms with van der Waals surface area (Å²) in [6.07, 6.45) is 0.215. The zero-order valence-corrected chi connectivity index (χ0v) is 16.0.